The first-order chi connectivity index (χ1) is 9.63. The molecule has 4 nitrogen and oxygen atoms in total. The van der Waals surface area contributed by atoms with E-state index in [1.165, 1.54) is 25.7 Å². The Balaban J connectivity index is 1.74. The van der Waals surface area contributed by atoms with Crippen molar-refractivity contribution >= 4 is 11.6 Å². The predicted molar refractivity (Wildman–Crippen MR) is 80.7 cm³/mol. The summed E-state index contributed by atoms with van der Waals surface area (Å²) in [7, 11) is 0. The van der Waals surface area contributed by atoms with Crippen molar-refractivity contribution in [2.75, 3.05) is 18.5 Å². The summed E-state index contributed by atoms with van der Waals surface area (Å²) in [6.07, 6.45) is 5.36. The van der Waals surface area contributed by atoms with Gasteiger partial charge in [-0.1, -0.05) is 19.8 Å². The molecule has 0 unspecified atom stereocenters. The topological polar surface area (TPSA) is 64.3 Å². The Kier molecular flexibility index (Phi) is 5.27. The number of rotatable bonds is 6. The Labute approximate surface area is 120 Å². The highest BCUT2D eigenvalue weighted by atomic mass is 16.5. The minimum absolute atomic E-state index is 0.0764. The summed E-state index contributed by atoms with van der Waals surface area (Å²) >= 11 is 0. The van der Waals surface area contributed by atoms with Crippen molar-refractivity contribution in [2.45, 2.75) is 32.6 Å². The van der Waals surface area contributed by atoms with Crippen molar-refractivity contribution in [2.24, 2.45) is 17.6 Å². The number of anilines is 1. The van der Waals surface area contributed by atoms with Crippen LogP contribution < -0.4 is 15.8 Å². The second kappa shape index (κ2) is 7.17. The third kappa shape index (κ3) is 4.76. The molecule has 1 fully saturated rings. The van der Waals surface area contributed by atoms with Gasteiger partial charge < -0.3 is 15.8 Å². The second-order valence-electron chi connectivity index (χ2n) is 5.79. The number of benzene rings is 1. The molecule has 3 N–H and O–H groups in total. The number of carbonyl (C=O) groups is 1. The van der Waals surface area contributed by atoms with E-state index in [-0.39, 0.29) is 6.61 Å². The molecule has 0 saturated heterocycles. The molecular formula is C16H24N2O2. The van der Waals surface area contributed by atoms with E-state index < -0.39 is 5.91 Å². The molecule has 0 aromatic heterocycles. The van der Waals surface area contributed by atoms with E-state index in [4.69, 9.17) is 10.5 Å². The van der Waals surface area contributed by atoms with E-state index in [0.717, 1.165) is 24.1 Å². The molecule has 1 aliphatic carbocycles. The first kappa shape index (κ1) is 14.7. The number of carbonyl (C=O) groups excluding carboxylic acids is 1. The Bertz CT molecular complexity index is 423. The molecule has 4 heteroatoms. The molecule has 1 aromatic carbocycles. The molecule has 1 aromatic rings. The predicted octanol–water partition coefficient (Wildman–Crippen LogP) is 2.79. The van der Waals surface area contributed by atoms with Crippen molar-refractivity contribution in [1.82, 2.24) is 0 Å². The van der Waals surface area contributed by atoms with Gasteiger partial charge in [-0.15, -0.1) is 0 Å². The van der Waals surface area contributed by atoms with Gasteiger partial charge >= 0.3 is 0 Å². The van der Waals surface area contributed by atoms with E-state index >= 15 is 0 Å². The number of hydrogen-bond donors (Lipinski definition) is 2. The highest BCUT2D eigenvalue weighted by molar-refractivity contribution is 5.75. The summed E-state index contributed by atoms with van der Waals surface area (Å²) in [6.45, 7) is 3.30. The van der Waals surface area contributed by atoms with Crippen LogP contribution in [0.5, 0.6) is 5.75 Å². The van der Waals surface area contributed by atoms with Crippen LogP contribution in [0.1, 0.15) is 32.6 Å². The number of hydrogen-bond acceptors (Lipinski definition) is 3. The Morgan fingerprint density at radius 3 is 2.50 bits per heavy atom. The van der Waals surface area contributed by atoms with Crippen LogP contribution in [0, 0.1) is 11.8 Å². The van der Waals surface area contributed by atoms with Crippen LogP contribution in [0.2, 0.25) is 0 Å². The fraction of sp³-hybridized carbons (Fsp3) is 0.562. The zero-order chi connectivity index (χ0) is 14.4. The molecular weight excluding hydrogens is 252 g/mol. The summed E-state index contributed by atoms with van der Waals surface area (Å²) < 4.78 is 5.23. The lowest BCUT2D eigenvalue weighted by Crippen LogP contribution is -2.20. The quantitative estimate of drug-likeness (QED) is 0.839. The van der Waals surface area contributed by atoms with Crippen LogP contribution in [0.3, 0.4) is 0 Å². The van der Waals surface area contributed by atoms with Crippen molar-refractivity contribution in [3.63, 3.8) is 0 Å². The molecule has 0 heterocycles. The van der Waals surface area contributed by atoms with Gasteiger partial charge in [0.05, 0.1) is 0 Å². The first-order valence-electron chi connectivity index (χ1n) is 7.38. The van der Waals surface area contributed by atoms with Crippen molar-refractivity contribution in [3.05, 3.63) is 24.3 Å². The van der Waals surface area contributed by atoms with E-state index in [1.807, 2.05) is 24.3 Å². The number of ether oxygens (including phenoxy) is 1. The third-order valence-electron chi connectivity index (χ3n) is 3.97. The molecule has 1 amide bonds. The maximum Gasteiger partial charge on any atom is 0.255 e. The maximum atomic E-state index is 10.6. The summed E-state index contributed by atoms with van der Waals surface area (Å²) in [6, 6.07) is 7.66. The van der Waals surface area contributed by atoms with Gasteiger partial charge in [0.25, 0.3) is 5.91 Å². The lowest BCUT2D eigenvalue weighted by Gasteiger charge is -2.26. The highest BCUT2D eigenvalue weighted by Gasteiger charge is 2.17. The Morgan fingerprint density at radius 2 is 1.90 bits per heavy atom. The number of primary amides is 1. The van der Waals surface area contributed by atoms with Gasteiger partial charge in [-0.25, -0.2) is 0 Å². The highest BCUT2D eigenvalue weighted by Crippen LogP contribution is 2.28. The average Bonchev–Trinajstić information content (AvgIpc) is 2.45. The minimum atomic E-state index is -0.460. The van der Waals surface area contributed by atoms with Crippen LogP contribution in [-0.2, 0) is 4.79 Å². The van der Waals surface area contributed by atoms with E-state index in [1.54, 1.807) is 0 Å². The second-order valence-corrected chi connectivity index (χ2v) is 5.79. The maximum absolute atomic E-state index is 10.6. The standard InChI is InChI=1S/C16H24N2O2/c1-12-2-4-13(5-3-12)10-18-14-6-8-15(9-7-14)20-11-16(17)19/h6-9,12-13,18H,2-5,10-11H2,1H3,(H2,17,19). The summed E-state index contributed by atoms with van der Waals surface area (Å²) in [5.41, 5.74) is 6.13. The van der Waals surface area contributed by atoms with Gasteiger partial charge in [-0.2, -0.15) is 0 Å². The fourth-order valence-corrected chi connectivity index (χ4v) is 2.62. The van der Waals surface area contributed by atoms with Crippen LogP contribution in [0.15, 0.2) is 24.3 Å². The fourth-order valence-electron chi connectivity index (χ4n) is 2.62. The van der Waals surface area contributed by atoms with Gasteiger partial charge in [0.15, 0.2) is 6.61 Å². The molecule has 0 radical (unpaired) electrons. The van der Waals surface area contributed by atoms with Gasteiger partial charge in [0.1, 0.15) is 5.75 Å². The zero-order valence-electron chi connectivity index (χ0n) is 12.1. The Morgan fingerprint density at radius 1 is 1.25 bits per heavy atom. The molecule has 0 spiro atoms. The third-order valence-corrected chi connectivity index (χ3v) is 3.97. The SMILES string of the molecule is CC1CCC(CNc2ccc(OCC(N)=O)cc2)CC1. The molecule has 2 rings (SSSR count). The van der Waals surface area contributed by atoms with Crippen LogP contribution in [0.25, 0.3) is 0 Å². The molecule has 0 bridgehead atoms. The molecule has 20 heavy (non-hydrogen) atoms. The first-order valence-corrected chi connectivity index (χ1v) is 7.38. The van der Waals surface area contributed by atoms with Crippen molar-refractivity contribution in [3.8, 4) is 5.75 Å². The van der Waals surface area contributed by atoms with Gasteiger partial charge in [0, 0.05) is 12.2 Å². The van der Waals surface area contributed by atoms with Crippen LogP contribution in [-0.4, -0.2) is 19.1 Å². The van der Waals surface area contributed by atoms with Crippen molar-refractivity contribution < 1.29 is 9.53 Å². The molecule has 110 valence electrons. The number of nitrogens with two attached hydrogens (primary N) is 1. The largest absolute Gasteiger partial charge is 0.484 e. The Hall–Kier alpha value is -1.71. The molecule has 0 aliphatic heterocycles. The summed E-state index contributed by atoms with van der Waals surface area (Å²) in [4.78, 5) is 10.6. The van der Waals surface area contributed by atoms with Crippen LogP contribution >= 0.6 is 0 Å². The van der Waals surface area contributed by atoms with Crippen molar-refractivity contribution in [1.29, 1.82) is 0 Å². The van der Waals surface area contributed by atoms with Gasteiger partial charge in [-0.05, 0) is 48.9 Å². The van der Waals surface area contributed by atoms with E-state index in [9.17, 15) is 4.79 Å². The van der Waals surface area contributed by atoms with E-state index in [2.05, 4.69) is 12.2 Å². The zero-order valence-corrected chi connectivity index (χ0v) is 12.1. The molecule has 1 saturated carbocycles. The average molecular weight is 276 g/mol. The summed E-state index contributed by atoms with van der Waals surface area (Å²) in [5, 5.41) is 3.47. The lowest BCUT2D eigenvalue weighted by molar-refractivity contribution is -0.119. The number of amides is 1. The summed E-state index contributed by atoms with van der Waals surface area (Å²) in [5.74, 6) is 1.89. The van der Waals surface area contributed by atoms with Gasteiger partial charge in [0.2, 0.25) is 0 Å². The molecule has 0 atom stereocenters. The lowest BCUT2D eigenvalue weighted by atomic mass is 9.83. The minimum Gasteiger partial charge on any atom is -0.484 e. The smallest absolute Gasteiger partial charge is 0.255 e. The van der Waals surface area contributed by atoms with E-state index in [0.29, 0.717) is 5.75 Å². The van der Waals surface area contributed by atoms with Gasteiger partial charge in [-0.3, -0.25) is 4.79 Å². The normalized spacial score (nSPS) is 22.2. The monoisotopic (exact) mass is 276 g/mol. The number of nitrogens with one attached hydrogen (secondary N) is 1. The molecule has 1 aliphatic rings. The van der Waals surface area contributed by atoms with Crippen LogP contribution in [0.4, 0.5) is 5.69 Å².